The van der Waals surface area contributed by atoms with Crippen molar-refractivity contribution in [2.45, 2.75) is 31.8 Å². The molecule has 1 amide bonds. The lowest BCUT2D eigenvalue weighted by Crippen LogP contribution is -2.34. The van der Waals surface area contributed by atoms with Crippen LogP contribution in [-0.2, 0) is 7.05 Å². The fourth-order valence-electron chi connectivity index (χ4n) is 2.21. The molecule has 0 aliphatic carbocycles. The van der Waals surface area contributed by atoms with Gasteiger partial charge in [0.25, 0.3) is 5.91 Å². The molecule has 17 heavy (non-hydrogen) atoms. The first kappa shape index (κ1) is 12.1. The average Bonchev–Trinajstić information content (AvgIpc) is 2.59. The predicted octanol–water partition coefficient (Wildman–Crippen LogP) is 0.797. The van der Waals surface area contributed by atoms with E-state index in [-0.39, 0.29) is 5.91 Å². The molecule has 94 valence electrons. The number of nitrogens with zero attached hydrogens (tertiary/aromatic N) is 3. The van der Waals surface area contributed by atoms with E-state index in [1.807, 2.05) is 6.92 Å². The Kier molecular flexibility index (Phi) is 3.19. The summed E-state index contributed by atoms with van der Waals surface area (Å²) < 4.78 is 1.59. The van der Waals surface area contributed by atoms with Crippen LogP contribution in [0.2, 0.25) is 0 Å². The molecule has 0 saturated carbocycles. The fraction of sp³-hybridized carbons (Fsp3) is 0.667. The second-order valence-electron chi connectivity index (χ2n) is 4.98. The Morgan fingerprint density at radius 3 is 2.88 bits per heavy atom. The van der Waals surface area contributed by atoms with Gasteiger partial charge in [-0.05, 0) is 32.3 Å². The molecule has 0 aromatic carbocycles. The zero-order chi connectivity index (χ0) is 12.5. The van der Waals surface area contributed by atoms with Gasteiger partial charge in [-0.25, -0.2) is 0 Å². The predicted molar refractivity (Wildman–Crippen MR) is 63.6 cm³/mol. The van der Waals surface area contributed by atoms with Crippen LogP contribution in [0.5, 0.6) is 0 Å². The van der Waals surface area contributed by atoms with Gasteiger partial charge in [0.05, 0.1) is 5.60 Å². The van der Waals surface area contributed by atoms with Gasteiger partial charge in [0.2, 0.25) is 0 Å². The third kappa shape index (κ3) is 2.66. The fourth-order valence-corrected chi connectivity index (χ4v) is 2.21. The second kappa shape index (κ2) is 4.49. The van der Waals surface area contributed by atoms with Crippen LogP contribution >= 0.6 is 0 Å². The van der Waals surface area contributed by atoms with E-state index in [4.69, 9.17) is 0 Å². The number of amides is 1. The van der Waals surface area contributed by atoms with Crippen LogP contribution in [0, 0.1) is 0 Å². The number of aromatic nitrogens is 2. The molecule has 2 heterocycles. The van der Waals surface area contributed by atoms with Gasteiger partial charge < -0.3 is 10.0 Å². The number of carbonyl (C=O) groups excluding carboxylic acids is 1. The third-order valence-electron chi connectivity index (χ3n) is 3.39. The molecule has 1 aromatic heterocycles. The number of carbonyl (C=O) groups is 1. The van der Waals surface area contributed by atoms with Crippen molar-refractivity contribution >= 4 is 5.91 Å². The molecular formula is C12H19N3O2. The molecule has 1 saturated heterocycles. The van der Waals surface area contributed by atoms with Gasteiger partial charge in [-0.1, -0.05) is 0 Å². The lowest BCUT2D eigenvalue weighted by molar-refractivity contribution is 0.0437. The molecule has 1 N–H and O–H groups in total. The summed E-state index contributed by atoms with van der Waals surface area (Å²) in [6.45, 7) is 3.15. The molecular weight excluding hydrogens is 218 g/mol. The van der Waals surface area contributed by atoms with E-state index >= 15 is 0 Å². The zero-order valence-electron chi connectivity index (χ0n) is 10.4. The normalized spacial score (nSPS) is 25.7. The van der Waals surface area contributed by atoms with Gasteiger partial charge in [-0.2, -0.15) is 5.10 Å². The first-order valence-electron chi connectivity index (χ1n) is 5.99. The van der Waals surface area contributed by atoms with Crippen LogP contribution in [0.3, 0.4) is 0 Å². The lowest BCUT2D eigenvalue weighted by Gasteiger charge is -2.22. The smallest absolute Gasteiger partial charge is 0.272 e. The second-order valence-corrected chi connectivity index (χ2v) is 4.98. The molecule has 0 bridgehead atoms. The van der Waals surface area contributed by atoms with E-state index in [2.05, 4.69) is 5.10 Å². The molecule has 1 unspecified atom stereocenters. The number of hydrogen-bond donors (Lipinski definition) is 1. The van der Waals surface area contributed by atoms with Crippen LogP contribution in [0.15, 0.2) is 12.3 Å². The summed E-state index contributed by atoms with van der Waals surface area (Å²) in [5.74, 6) is 0.00250. The maximum absolute atomic E-state index is 12.2. The van der Waals surface area contributed by atoms with E-state index in [1.54, 1.807) is 28.9 Å². The van der Waals surface area contributed by atoms with E-state index < -0.39 is 5.60 Å². The minimum atomic E-state index is -0.637. The largest absolute Gasteiger partial charge is 0.390 e. The van der Waals surface area contributed by atoms with E-state index in [1.165, 1.54) is 0 Å². The molecule has 1 aromatic rings. The van der Waals surface area contributed by atoms with Gasteiger partial charge in [-0.15, -0.1) is 0 Å². The molecule has 2 rings (SSSR count). The van der Waals surface area contributed by atoms with E-state index in [9.17, 15) is 9.90 Å². The maximum Gasteiger partial charge on any atom is 0.272 e. The molecule has 1 atom stereocenters. The maximum atomic E-state index is 12.2. The Hall–Kier alpha value is -1.36. The third-order valence-corrected chi connectivity index (χ3v) is 3.39. The van der Waals surface area contributed by atoms with Crippen LogP contribution in [0.25, 0.3) is 0 Å². The van der Waals surface area contributed by atoms with Crippen LogP contribution in [0.4, 0.5) is 0 Å². The van der Waals surface area contributed by atoms with Crippen molar-refractivity contribution in [2.75, 3.05) is 13.1 Å². The van der Waals surface area contributed by atoms with Crippen molar-refractivity contribution in [1.29, 1.82) is 0 Å². The summed E-state index contributed by atoms with van der Waals surface area (Å²) in [5.41, 5.74) is -0.0341. The van der Waals surface area contributed by atoms with Crippen molar-refractivity contribution in [2.24, 2.45) is 7.05 Å². The van der Waals surface area contributed by atoms with Gasteiger partial charge in [0.15, 0.2) is 0 Å². The Bertz CT molecular complexity index is 412. The summed E-state index contributed by atoms with van der Waals surface area (Å²) >= 11 is 0. The first-order chi connectivity index (χ1) is 7.99. The zero-order valence-corrected chi connectivity index (χ0v) is 10.4. The summed E-state index contributed by atoms with van der Waals surface area (Å²) in [5, 5.41) is 14.0. The molecule has 0 radical (unpaired) electrons. The molecule has 1 aliphatic heterocycles. The van der Waals surface area contributed by atoms with Crippen molar-refractivity contribution in [1.82, 2.24) is 14.7 Å². The Balaban J connectivity index is 2.08. The number of rotatable bonds is 1. The standard InChI is InChI=1S/C12H19N3O2/c1-12(17)5-3-8-15(9-6-12)11(16)10-4-7-13-14(10)2/h4,7,17H,3,5-6,8-9H2,1-2H3. The molecule has 5 nitrogen and oxygen atoms in total. The Morgan fingerprint density at radius 2 is 2.24 bits per heavy atom. The van der Waals surface area contributed by atoms with E-state index in [0.29, 0.717) is 25.2 Å². The Morgan fingerprint density at radius 1 is 1.47 bits per heavy atom. The van der Waals surface area contributed by atoms with Crippen LogP contribution in [0.1, 0.15) is 36.7 Å². The van der Waals surface area contributed by atoms with Crippen LogP contribution < -0.4 is 0 Å². The number of aryl methyl sites for hydroxylation is 1. The SMILES string of the molecule is Cn1nccc1C(=O)N1CCCC(C)(O)CC1. The number of hydrogen-bond acceptors (Lipinski definition) is 3. The van der Waals surface area contributed by atoms with Crippen molar-refractivity contribution in [3.8, 4) is 0 Å². The quantitative estimate of drug-likeness (QED) is 0.786. The molecule has 1 fully saturated rings. The summed E-state index contributed by atoms with van der Waals surface area (Å²) in [6, 6.07) is 1.73. The van der Waals surface area contributed by atoms with Gasteiger partial charge in [-0.3, -0.25) is 9.48 Å². The summed E-state index contributed by atoms with van der Waals surface area (Å²) in [6.07, 6.45) is 3.86. The molecule has 0 spiro atoms. The van der Waals surface area contributed by atoms with Crippen molar-refractivity contribution in [3.63, 3.8) is 0 Å². The molecule has 5 heteroatoms. The minimum Gasteiger partial charge on any atom is -0.390 e. The van der Waals surface area contributed by atoms with Crippen molar-refractivity contribution < 1.29 is 9.90 Å². The first-order valence-corrected chi connectivity index (χ1v) is 5.99. The highest BCUT2D eigenvalue weighted by Crippen LogP contribution is 2.22. The number of aliphatic hydroxyl groups is 1. The van der Waals surface area contributed by atoms with Gasteiger partial charge in [0, 0.05) is 26.3 Å². The van der Waals surface area contributed by atoms with Crippen LogP contribution in [-0.4, -0.2) is 44.4 Å². The summed E-state index contributed by atoms with van der Waals surface area (Å²) in [4.78, 5) is 14.0. The average molecular weight is 237 g/mol. The molecule has 1 aliphatic rings. The van der Waals surface area contributed by atoms with Gasteiger partial charge in [0.1, 0.15) is 5.69 Å². The highest BCUT2D eigenvalue weighted by molar-refractivity contribution is 5.92. The monoisotopic (exact) mass is 237 g/mol. The lowest BCUT2D eigenvalue weighted by atomic mass is 9.98. The van der Waals surface area contributed by atoms with Gasteiger partial charge >= 0.3 is 0 Å². The van der Waals surface area contributed by atoms with Crippen molar-refractivity contribution in [3.05, 3.63) is 18.0 Å². The topological polar surface area (TPSA) is 58.4 Å². The Labute approximate surface area is 101 Å². The minimum absolute atomic E-state index is 0.00250. The highest BCUT2D eigenvalue weighted by Gasteiger charge is 2.28. The highest BCUT2D eigenvalue weighted by atomic mass is 16.3. The number of likely N-dealkylation sites (tertiary alicyclic amines) is 1. The summed E-state index contributed by atoms with van der Waals surface area (Å²) in [7, 11) is 1.77. The van der Waals surface area contributed by atoms with E-state index in [0.717, 1.165) is 12.8 Å².